The number of benzene rings is 2. The molecule has 0 aromatic heterocycles. The quantitative estimate of drug-likeness (QED) is 0.273. The van der Waals surface area contributed by atoms with Crippen molar-refractivity contribution in [3.8, 4) is 5.75 Å². The van der Waals surface area contributed by atoms with E-state index in [9.17, 15) is 19.7 Å². The Kier molecular flexibility index (Phi) is 5.46. The lowest BCUT2D eigenvalue weighted by Gasteiger charge is -2.29. The van der Waals surface area contributed by atoms with E-state index < -0.39 is 16.7 Å². The van der Waals surface area contributed by atoms with Crippen molar-refractivity contribution >= 4 is 40.9 Å². The van der Waals surface area contributed by atoms with E-state index in [0.717, 1.165) is 5.56 Å². The average Bonchev–Trinajstić information content (AvgIpc) is 2.69. The Bertz CT molecular complexity index is 1000. The summed E-state index contributed by atoms with van der Waals surface area (Å²) in [7, 11) is 1.39. The molecule has 0 unspecified atom stereocenters. The molecule has 28 heavy (non-hydrogen) atoms. The zero-order valence-electron chi connectivity index (χ0n) is 14.7. The number of hydrogen-bond acceptors (Lipinski definition) is 6. The Labute approximate surface area is 165 Å². The summed E-state index contributed by atoms with van der Waals surface area (Å²) in [5, 5.41) is 13.5. The van der Waals surface area contributed by atoms with Crippen LogP contribution in [0, 0.1) is 10.1 Å². The molecule has 2 amide bonds. The summed E-state index contributed by atoms with van der Waals surface area (Å²) in [5.41, 5.74) is 0.695. The summed E-state index contributed by atoms with van der Waals surface area (Å²) in [6.07, 6.45) is 1.27. The van der Waals surface area contributed by atoms with Gasteiger partial charge in [-0.1, -0.05) is 30.3 Å². The van der Waals surface area contributed by atoms with Gasteiger partial charge in [-0.25, -0.2) is 0 Å². The molecule has 0 spiro atoms. The smallest absolute Gasteiger partial charge is 0.270 e. The van der Waals surface area contributed by atoms with Crippen LogP contribution in [0.2, 0.25) is 0 Å². The van der Waals surface area contributed by atoms with Gasteiger partial charge in [0.1, 0.15) is 11.3 Å². The molecular weight excluding hydrogens is 382 g/mol. The van der Waals surface area contributed by atoms with E-state index >= 15 is 0 Å². The lowest BCUT2D eigenvalue weighted by Crippen LogP contribution is -2.53. The predicted octanol–water partition coefficient (Wildman–Crippen LogP) is 2.43. The van der Waals surface area contributed by atoms with Crippen molar-refractivity contribution in [2.45, 2.75) is 6.54 Å². The Morgan fingerprint density at radius 1 is 1.21 bits per heavy atom. The van der Waals surface area contributed by atoms with E-state index in [0.29, 0.717) is 5.75 Å². The molecule has 1 saturated heterocycles. The fourth-order valence-corrected chi connectivity index (χ4v) is 2.95. The number of nitro benzene ring substituents is 1. The van der Waals surface area contributed by atoms with Crippen LogP contribution in [0.25, 0.3) is 6.08 Å². The largest absolute Gasteiger partial charge is 0.496 e. The lowest BCUT2D eigenvalue weighted by molar-refractivity contribution is -0.384. The number of nitro groups is 1. The van der Waals surface area contributed by atoms with Crippen molar-refractivity contribution in [2.75, 3.05) is 7.11 Å². The summed E-state index contributed by atoms with van der Waals surface area (Å²) in [6, 6.07) is 13.1. The Morgan fingerprint density at radius 3 is 2.57 bits per heavy atom. The van der Waals surface area contributed by atoms with E-state index in [-0.39, 0.29) is 28.5 Å². The Balaban J connectivity index is 1.99. The molecule has 0 atom stereocenters. The molecule has 2 aromatic rings. The first-order chi connectivity index (χ1) is 13.4. The number of nitrogens with one attached hydrogen (secondary N) is 1. The number of ether oxygens (including phenoxy) is 1. The summed E-state index contributed by atoms with van der Waals surface area (Å²) in [6.45, 7) is 0.183. The standard InChI is InChI=1S/C19H15N3O5S/c1-27-16-8-7-14(22(25)26)9-13(16)10-15-17(23)20-19(28)21(18(15)24)11-12-5-3-2-4-6-12/h2-10H,11H2,1H3,(H,20,23,28). The van der Waals surface area contributed by atoms with Crippen molar-refractivity contribution in [2.24, 2.45) is 0 Å². The number of carbonyl (C=O) groups excluding carboxylic acids is 2. The molecule has 1 aliphatic rings. The van der Waals surface area contributed by atoms with E-state index in [2.05, 4.69) is 5.32 Å². The summed E-state index contributed by atoms with van der Waals surface area (Å²) >= 11 is 5.13. The van der Waals surface area contributed by atoms with Crippen LogP contribution in [0.15, 0.2) is 54.1 Å². The van der Waals surface area contributed by atoms with Crippen LogP contribution in [0.3, 0.4) is 0 Å². The summed E-state index contributed by atoms with van der Waals surface area (Å²) in [5.74, 6) is -0.972. The van der Waals surface area contributed by atoms with Gasteiger partial charge < -0.3 is 4.74 Å². The molecule has 8 nitrogen and oxygen atoms in total. The molecule has 0 bridgehead atoms. The molecule has 1 N–H and O–H groups in total. The van der Waals surface area contributed by atoms with Gasteiger partial charge in [0, 0.05) is 17.7 Å². The Hall–Kier alpha value is -3.59. The number of non-ortho nitro benzene ring substituents is 1. The van der Waals surface area contributed by atoms with Gasteiger partial charge >= 0.3 is 0 Å². The fraction of sp³-hybridized carbons (Fsp3) is 0.105. The molecule has 1 fully saturated rings. The van der Waals surface area contributed by atoms with Crippen molar-refractivity contribution in [1.82, 2.24) is 10.2 Å². The second-order valence-electron chi connectivity index (χ2n) is 5.88. The normalized spacial score (nSPS) is 15.5. The maximum Gasteiger partial charge on any atom is 0.270 e. The van der Waals surface area contributed by atoms with Gasteiger partial charge in [0.05, 0.1) is 18.6 Å². The molecule has 0 radical (unpaired) electrons. The maximum atomic E-state index is 12.9. The first-order valence-electron chi connectivity index (χ1n) is 8.16. The number of hydrogen-bond donors (Lipinski definition) is 1. The third-order valence-electron chi connectivity index (χ3n) is 4.09. The first-order valence-corrected chi connectivity index (χ1v) is 8.56. The van der Waals surface area contributed by atoms with Gasteiger partial charge in [-0.3, -0.25) is 29.9 Å². The molecule has 1 aliphatic heterocycles. The van der Waals surface area contributed by atoms with Gasteiger partial charge in [-0.05, 0) is 29.9 Å². The first kappa shape index (κ1) is 19.2. The van der Waals surface area contributed by atoms with Crippen molar-refractivity contribution in [3.63, 3.8) is 0 Å². The second-order valence-corrected chi connectivity index (χ2v) is 6.26. The maximum absolute atomic E-state index is 12.9. The average molecular weight is 397 g/mol. The third-order valence-corrected chi connectivity index (χ3v) is 4.42. The highest BCUT2D eigenvalue weighted by atomic mass is 32.1. The lowest BCUT2D eigenvalue weighted by atomic mass is 10.1. The fourth-order valence-electron chi connectivity index (χ4n) is 2.71. The van der Waals surface area contributed by atoms with E-state index in [4.69, 9.17) is 17.0 Å². The predicted molar refractivity (Wildman–Crippen MR) is 105 cm³/mol. The monoisotopic (exact) mass is 397 g/mol. The van der Waals surface area contributed by atoms with Crippen molar-refractivity contribution in [1.29, 1.82) is 0 Å². The number of carbonyl (C=O) groups is 2. The summed E-state index contributed by atoms with van der Waals surface area (Å²) < 4.78 is 5.19. The SMILES string of the molecule is COc1ccc([N+](=O)[O-])cc1C=C1C(=O)NC(=S)N(Cc2ccccc2)C1=O. The molecule has 9 heteroatoms. The van der Waals surface area contributed by atoms with E-state index in [1.165, 1.54) is 36.3 Å². The highest BCUT2D eigenvalue weighted by Crippen LogP contribution is 2.27. The number of amides is 2. The van der Waals surface area contributed by atoms with Crippen LogP contribution in [-0.4, -0.2) is 33.9 Å². The van der Waals surface area contributed by atoms with Gasteiger partial charge in [0.15, 0.2) is 5.11 Å². The number of thiocarbonyl (C=S) groups is 1. The van der Waals surface area contributed by atoms with Gasteiger partial charge in [0.25, 0.3) is 17.5 Å². The number of methoxy groups -OCH3 is 1. The highest BCUT2D eigenvalue weighted by Gasteiger charge is 2.33. The topological polar surface area (TPSA) is 102 Å². The van der Waals surface area contributed by atoms with E-state index in [1.807, 2.05) is 30.3 Å². The van der Waals surface area contributed by atoms with Crippen molar-refractivity contribution in [3.05, 3.63) is 75.3 Å². The minimum Gasteiger partial charge on any atom is -0.496 e. The molecule has 0 aliphatic carbocycles. The molecule has 142 valence electrons. The Morgan fingerprint density at radius 2 is 1.93 bits per heavy atom. The van der Waals surface area contributed by atoms with Crippen LogP contribution in [0.4, 0.5) is 5.69 Å². The van der Waals surface area contributed by atoms with Gasteiger partial charge in [-0.15, -0.1) is 0 Å². The molecule has 1 heterocycles. The van der Waals surface area contributed by atoms with Gasteiger partial charge in [-0.2, -0.15) is 0 Å². The molecule has 0 saturated carbocycles. The summed E-state index contributed by atoms with van der Waals surface area (Å²) in [4.78, 5) is 37.0. The van der Waals surface area contributed by atoms with Gasteiger partial charge in [0.2, 0.25) is 0 Å². The van der Waals surface area contributed by atoms with Crippen LogP contribution >= 0.6 is 12.2 Å². The zero-order valence-corrected chi connectivity index (χ0v) is 15.6. The molecule has 3 rings (SSSR count). The minimum atomic E-state index is -0.673. The third kappa shape index (κ3) is 3.89. The second kappa shape index (κ2) is 7.97. The molecular formula is C19H15N3O5S. The number of rotatable bonds is 5. The number of nitrogens with zero attached hydrogens (tertiary/aromatic N) is 2. The van der Waals surface area contributed by atoms with Crippen molar-refractivity contribution < 1.29 is 19.2 Å². The van der Waals surface area contributed by atoms with Crippen LogP contribution in [-0.2, 0) is 16.1 Å². The van der Waals surface area contributed by atoms with E-state index in [1.54, 1.807) is 0 Å². The van der Waals surface area contributed by atoms with Crippen LogP contribution in [0.1, 0.15) is 11.1 Å². The zero-order chi connectivity index (χ0) is 20.3. The molecule has 2 aromatic carbocycles. The van der Waals surface area contributed by atoms with Crippen LogP contribution < -0.4 is 10.1 Å². The minimum absolute atomic E-state index is 0.00186. The van der Waals surface area contributed by atoms with Crippen LogP contribution in [0.5, 0.6) is 5.75 Å². The highest BCUT2D eigenvalue weighted by molar-refractivity contribution is 7.80.